The van der Waals surface area contributed by atoms with Crippen LogP contribution in [0.5, 0.6) is 5.75 Å². The van der Waals surface area contributed by atoms with Gasteiger partial charge in [0.25, 0.3) is 0 Å². The Morgan fingerprint density at radius 1 is 1.37 bits per heavy atom. The molecule has 19 heavy (non-hydrogen) atoms. The third kappa shape index (κ3) is 3.71. The van der Waals surface area contributed by atoms with E-state index >= 15 is 0 Å². The van der Waals surface area contributed by atoms with Crippen molar-refractivity contribution in [2.75, 3.05) is 13.2 Å². The van der Waals surface area contributed by atoms with Gasteiger partial charge in [-0.2, -0.15) is 5.26 Å². The zero-order valence-electron chi connectivity index (χ0n) is 11.8. The Labute approximate surface area is 115 Å². The lowest BCUT2D eigenvalue weighted by Crippen LogP contribution is -2.21. The van der Waals surface area contributed by atoms with Crippen molar-refractivity contribution < 1.29 is 4.74 Å². The molecule has 0 radical (unpaired) electrons. The standard InChI is InChI=1S/C16H22N2O/c1-12-9-14(11-17)10-13(2)16(12)19-8-4-6-15-5-3-7-18-15/h9-10,15,18H,3-8H2,1-2H3. The maximum atomic E-state index is 8.92. The monoisotopic (exact) mass is 258 g/mol. The van der Waals surface area contributed by atoms with E-state index in [2.05, 4.69) is 11.4 Å². The number of ether oxygens (including phenoxy) is 1. The molecule has 0 aliphatic carbocycles. The first-order valence-electron chi connectivity index (χ1n) is 7.08. The number of hydrogen-bond acceptors (Lipinski definition) is 3. The Balaban J connectivity index is 1.84. The van der Waals surface area contributed by atoms with Crippen LogP contribution < -0.4 is 10.1 Å². The van der Waals surface area contributed by atoms with Crippen molar-refractivity contribution in [1.29, 1.82) is 5.26 Å². The van der Waals surface area contributed by atoms with Gasteiger partial charge in [-0.1, -0.05) is 0 Å². The van der Waals surface area contributed by atoms with Gasteiger partial charge in [-0.15, -0.1) is 0 Å². The van der Waals surface area contributed by atoms with E-state index in [1.807, 2.05) is 26.0 Å². The van der Waals surface area contributed by atoms with Gasteiger partial charge in [-0.3, -0.25) is 0 Å². The van der Waals surface area contributed by atoms with Gasteiger partial charge < -0.3 is 10.1 Å². The molecule has 0 amide bonds. The highest BCUT2D eigenvalue weighted by molar-refractivity contribution is 5.47. The lowest BCUT2D eigenvalue weighted by Gasteiger charge is -2.14. The fraction of sp³-hybridized carbons (Fsp3) is 0.562. The van der Waals surface area contributed by atoms with Gasteiger partial charge in [-0.25, -0.2) is 0 Å². The molecule has 1 unspecified atom stereocenters. The van der Waals surface area contributed by atoms with Crippen molar-refractivity contribution in [2.45, 2.75) is 45.6 Å². The summed E-state index contributed by atoms with van der Waals surface area (Å²) in [5, 5.41) is 12.4. The predicted molar refractivity (Wildman–Crippen MR) is 76.4 cm³/mol. The Kier molecular flexibility index (Phi) is 4.81. The first-order valence-corrected chi connectivity index (χ1v) is 7.08. The molecule has 0 bridgehead atoms. The number of nitriles is 1. The third-order valence-corrected chi connectivity index (χ3v) is 3.70. The van der Waals surface area contributed by atoms with Crippen molar-refractivity contribution in [3.63, 3.8) is 0 Å². The minimum Gasteiger partial charge on any atom is -0.493 e. The summed E-state index contributed by atoms with van der Waals surface area (Å²) in [5.74, 6) is 0.943. The molecule has 1 aromatic rings. The van der Waals surface area contributed by atoms with Gasteiger partial charge in [0.05, 0.1) is 18.2 Å². The van der Waals surface area contributed by atoms with Crippen molar-refractivity contribution in [3.8, 4) is 11.8 Å². The maximum Gasteiger partial charge on any atom is 0.125 e. The highest BCUT2D eigenvalue weighted by Gasteiger charge is 2.13. The molecule has 1 heterocycles. The van der Waals surface area contributed by atoms with Crippen molar-refractivity contribution in [1.82, 2.24) is 5.32 Å². The normalized spacial score (nSPS) is 18.3. The Morgan fingerprint density at radius 2 is 2.11 bits per heavy atom. The predicted octanol–water partition coefficient (Wildman–Crippen LogP) is 3.09. The van der Waals surface area contributed by atoms with Crippen LogP contribution in [-0.2, 0) is 0 Å². The number of benzene rings is 1. The molecular weight excluding hydrogens is 236 g/mol. The molecule has 3 nitrogen and oxygen atoms in total. The summed E-state index contributed by atoms with van der Waals surface area (Å²) in [6, 6.07) is 6.64. The van der Waals surface area contributed by atoms with E-state index in [0.29, 0.717) is 11.6 Å². The molecule has 0 aromatic heterocycles. The van der Waals surface area contributed by atoms with Crippen LogP contribution in [0.2, 0.25) is 0 Å². The number of hydrogen-bond donors (Lipinski definition) is 1. The van der Waals surface area contributed by atoms with E-state index in [-0.39, 0.29) is 0 Å². The molecule has 2 rings (SSSR count). The van der Waals surface area contributed by atoms with Crippen LogP contribution in [0, 0.1) is 25.2 Å². The minimum atomic E-state index is 0.687. The van der Waals surface area contributed by atoms with Crippen LogP contribution in [0.1, 0.15) is 42.4 Å². The van der Waals surface area contributed by atoms with Crippen LogP contribution in [0.25, 0.3) is 0 Å². The summed E-state index contributed by atoms with van der Waals surface area (Å²) in [6.45, 7) is 5.93. The van der Waals surface area contributed by atoms with Gasteiger partial charge in [0, 0.05) is 6.04 Å². The molecule has 0 spiro atoms. The lowest BCUT2D eigenvalue weighted by molar-refractivity contribution is 0.295. The summed E-state index contributed by atoms with van der Waals surface area (Å²) in [6.07, 6.45) is 4.87. The number of nitrogens with one attached hydrogen (secondary N) is 1. The summed E-state index contributed by atoms with van der Waals surface area (Å²) in [7, 11) is 0. The highest BCUT2D eigenvalue weighted by atomic mass is 16.5. The van der Waals surface area contributed by atoms with Crippen molar-refractivity contribution >= 4 is 0 Å². The Bertz CT molecular complexity index is 447. The number of nitrogens with zero attached hydrogens (tertiary/aromatic N) is 1. The van der Waals surface area contributed by atoms with E-state index in [0.717, 1.165) is 29.9 Å². The largest absolute Gasteiger partial charge is 0.493 e. The molecule has 0 saturated carbocycles. The van der Waals surface area contributed by atoms with E-state index < -0.39 is 0 Å². The molecule has 1 fully saturated rings. The van der Waals surface area contributed by atoms with Crippen LogP contribution in [-0.4, -0.2) is 19.2 Å². The second-order valence-electron chi connectivity index (χ2n) is 5.33. The number of aryl methyl sites for hydroxylation is 2. The molecule has 1 aliphatic heterocycles. The molecule has 1 aliphatic rings. The molecular formula is C16H22N2O. The SMILES string of the molecule is Cc1cc(C#N)cc(C)c1OCCCC1CCCN1. The summed E-state index contributed by atoms with van der Waals surface area (Å²) < 4.78 is 5.89. The minimum absolute atomic E-state index is 0.687. The lowest BCUT2D eigenvalue weighted by atomic mass is 10.1. The molecule has 1 saturated heterocycles. The fourth-order valence-electron chi connectivity index (χ4n) is 2.75. The average molecular weight is 258 g/mol. The first-order chi connectivity index (χ1) is 9.20. The molecule has 1 aromatic carbocycles. The fourth-order valence-corrected chi connectivity index (χ4v) is 2.75. The average Bonchev–Trinajstić information content (AvgIpc) is 2.89. The van der Waals surface area contributed by atoms with Crippen LogP contribution in [0.3, 0.4) is 0 Å². The summed E-state index contributed by atoms with van der Waals surface area (Å²) in [4.78, 5) is 0. The smallest absolute Gasteiger partial charge is 0.125 e. The Hall–Kier alpha value is -1.53. The number of rotatable bonds is 5. The zero-order valence-corrected chi connectivity index (χ0v) is 11.8. The summed E-state index contributed by atoms with van der Waals surface area (Å²) >= 11 is 0. The molecule has 102 valence electrons. The maximum absolute atomic E-state index is 8.92. The summed E-state index contributed by atoms with van der Waals surface area (Å²) in [5.41, 5.74) is 2.81. The highest BCUT2D eigenvalue weighted by Crippen LogP contribution is 2.25. The molecule has 1 N–H and O–H groups in total. The van der Waals surface area contributed by atoms with Crippen molar-refractivity contribution in [3.05, 3.63) is 28.8 Å². The van der Waals surface area contributed by atoms with Crippen LogP contribution in [0.15, 0.2) is 12.1 Å². The molecule has 1 atom stereocenters. The second-order valence-corrected chi connectivity index (χ2v) is 5.33. The topological polar surface area (TPSA) is 45.0 Å². The van der Waals surface area contributed by atoms with E-state index in [1.165, 1.54) is 25.8 Å². The van der Waals surface area contributed by atoms with Gasteiger partial charge in [0.2, 0.25) is 0 Å². The van der Waals surface area contributed by atoms with E-state index in [1.54, 1.807) is 0 Å². The second kappa shape index (κ2) is 6.58. The van der Waals surface area contributed by atoms with Crippen molar-refractivity contribution in [2.24, 2.45) is 0 Å². The van der Waals surface area contributed by atoms with Gasteiger partial charge >= 0.3 is 0 Å². The van der Waals surface area contributed by atoms with E-state index in [9.17, 15) is 0 Å². The molecule has 3 heteroatoms. The van der Waals surface area contributed by atoms with Gasteiger partial charge in [-0.05, 0) is 69.3 Å². The van der Waals surface area contributed by atoms with E-state index in [4.69, 9.17) is 10.00 Å². The van der Waals surface area contributed by atoms with Gasteiger partial charge in [0.1, 0.15) is 5.75 Å². The Morgan fingerprint density at radius 3 is 2.68 bits per heavy atom. The third-order valence-electron chi connectivity index (χ3n) is 3.70. The zero-order chi connectivity index (χ0) is 13.7. The van der Waals surface area contributed by atoms with Gasteiger partial charge in [0.15, 0.2) is 0 Å². The quantitative estimate of drug-likeness (QED) is 0.825. The van der Waals surface area contributed by atoms with Crippen LogP contribution in [0.4, 0.5) is 0 Å². The first kappa shape index (κ1) is 13.9. The van der Waals surface area contributed by atoms with Crippen LogP contribution >= 0.6 is 0 Å².